The smallest absolute Gasteiger partial charge is 0.496 e. The predicted molar refractivity (Wildman–Crippen MR) is 95.6 cm³/mol. The maximum absolute atomic E-state index is 14.6. The van der Waals surface area contributed by atoms with E-state index in [0.29, 0.717) is 6.54 Å². The highest BCUT2D eigenvalue weighted by molar-refractivity contribution is 6.54. The van der Waals surface area contributed by atoms with E-state index < -0.39 is 24.0 Å². The second-order valence-corrected chi connectivity index (χ2v) is 7.43. The molecule has 1 aromatic rings. The van der Waals surface area contributed by atoms with Crippen molar-refractivity contribution in [1.82, 2.24) is 4.90 Å². The summed E-state index contributed by atoms with van der Waals surface area (Å²) in [7, 11) is 4.61. The van der Waals surface area contributed by atoms with Gasteiger partial charge in [0, 0.05) is 12.1 Å². The first-order valence-electron chi connectivity index (χ1n) is 8.10. The van der Waals surface area contributed by atoms with Crippen molar-refractivity contribution in [2.45, 2.75) is 45.4 Å². The van der Waals surface area contributed by atoms with Crippen molar-refractivity contribution in [1.29, 1.82) is 0 Å². The Balaban J connectivity index is 2.25. The van der Waals surface area contributed by atoms with Gasteiger partial charge >= 0.3 is 7.12 Å². The van der Waals surface area contributed by atoms with Gasteiger partial charge in [0.1, 0.15) is 11.5 Å². The Morgan fingerprint density at radius 1 is 1.21 bits per heavy atom. The largest absolute Gasteiger partial charge is 0.525 e. The predicted octanol–water partition coefficient (Wildman–Crippen LogP) is 3.70. The van der Waals surface area contributed by atoms with Crippen LogP contribution in [0.15, 0.2) is 23.9 Å². The van der Waals surface area contributed by atoms with E-state index in [9.17, 15) is 4.39 Å². The van der Waals surface area contributed by atoms with E-state index in [0.717, 1.165) is 16.9 Å². The molecule has 0 unspecified atom stereocenters. The Morgan fingerprint density at radius 2 is 1.79 bits per heavy atom. The molecule has 1 saturated heterocycles. The minimum atomic E-state index is -0.977. The summed E-state index contributed by atoms with van der Waals surface area (Å²) in [6.45, 7) is 8.33. The van der Waals surface area contributed by atoms with Gasteiger partial charge in [-0.25, -0.2) is 4.39 Å². The molecule has 0 aromatic heterocycles. The zero-order valence-electron chi connectivity index (χ0n) is 15.6. The summed E-state index contributed by atoms with van der Waals surface area (Å²) < 4.78 is 31.5. The molecule has 1 fully saturated rings. The van der Waals surface area contributed by atoms with Crippen molar-refractivity contribution in [2.75, 3.05) is 21.2 Å². The fraction of sp³-hybridized carbons (Fsp3) is 0.556. The highest BCUT2D eigenvalue weighted by atomic mass is 19.1. The molecule has 132 valence electrons. The molecule has 0 aliphatic carbocycles. The van der Waals surface area contributed by atoms with Crippen LogP contribution >= 0.6 is 0 Å². The minimum absolute atomic E-state index is 0.436. The fourth-order valence-corrected chi connectivity index (χ4v) is 2.54. The number of nitrogens with zero attached hydrogens (tertiary/aromatic N) is 1. The molecular weight excluding hydrogens is 308 g/mol. The van der Waals surface area contributed by atoms with Crippen molar-refractivity contribution in [2.24, 2.45) is 0 Å². The number of hydrogen-bond donors (Lipinski definition) is 0. The molecule has 2 rings (SSSR count). The second kappa shape index (κ2) is 6.86. The zero-order valence-corrected chi connectivity index (χ0v) is 15.6. The third-order valence-electron chi connectivity index (χ3n) is 4.57. The van der Waals surface area contributed by atoms with Crippen LogP contribution < -0.4 is 4.74 Å². The quantitative estimate of drug-likeness (QED) is 0.768. The van der Waals surface area contributed by atoms with E-state index in [2.05, 4.69) is 0 Å². The molecule has 1 aliphatic heterocycles. The summed E-state index contributed by atoms with van der Waals surface area (Å²) in [5.41, 5.74) is 0.199. The second-order valence-electron chi connectivity index (χ2n) is 7.43. The van der Waals surface area contributed by atoms with E-state index in [4.69, 9.17) is 14.0 Å². The molecule has 1 aliphatic rings. The Hall–Kier alpha value is -1.37. The Labute approximate surface area is 144 Å². The third kappa shape index (κ3) is 3.99. The van der Waals surface area contributed by atoms with E-state index in [-0.39, 0.29) is 0 Å². The molecule has 0 N–H and O–H groups in total. The number of halogens is 1. The first-order valence-corrected chi connectivity index (χ1v) is 8.10. The van der Waals surface area contributed by atoms with Crippen LogP contribution in [0.25, 0.3) is 6.08 Å². The molecule has 0 spiro atoms. The van der Waals surface area contributed by atoms with Crippen LogP contribution in [-0.2, 0) is 15.9 Å². The van der Waals surface area contributed by atoms with Crippen LogP contribution in [-0.4, -0.2) is 44.4 Å². The molecule has 6 heteroatoms. The van der Waals surface area contributed by atoms with Gasteiger partial charge in [-0.3, -0.25) is 0 Å². The van der Waals surface area contributed by atoms with Gasteiger partial charge < -0.3 is 18.9 Å². The number of hydrogen-bond acceptors (Lipinski definition) is 4. The molecule has 0 bridgehead atoms. The van der Waals surface area contributed by atoms with Crippen molar-refractivity contribution < 1.29 is 18.4 Å². The van der Waals surface area contributed by atoms with Gasteiger partial charge in [-0.05, 0) is 65.6 Å². The first kappa shape index (κ1) is 19.0. The molecular formula is C18H27BFNO3. The summed E-state index contributed by atoms with van der Waals surface area (Å²) in [4.78, 5) is 2.04. The molecule has 0 amide bonds. The van der Waals surface area contributed by atoms with Crippen LogP contribution in [0.1, 0.15) is 38.8 Å². The molecule has 0 atom stereocenters. The van der Waals surface area contributed by atoms with Crippen LogP contribution in [0.5, 0.6) is 5.75 Å². The van der Waals surface area contributed by atoms with Gasteiger partial charge in [0.2, 0.25) is 0 Å². The summed E-state index contributed by atoms with van der Waals surface area (Å²) in [6, 6.07) is 5.59. The fourth-order valence-electron chi connectivity index (χ4n) is 2.54. The monoisotopic (exact) mass is 335 g/mol. The summed E-state index contributed by atoms with van der Waals surface area (Å²) in [6.07, 6.45) is 1.46. The van der Waals surface area contributed by atoms with E-state index in [1.807, 2.05) is 64.9 Å². The summed E-state index contributed by atoms with van der Waals surface area (Å²) in [5.74, 6) is 0.789. The SMILES string of the molecule is COc1ccc(C=C(F)B2OC(C)(C)C(C)(C)O2)cc1CN(C)C. The minimum Gasteiger partial charge on any atom is -0.496 e. The highest BCUT2D eigenvalue weighted by Gasteiger charge is 2.53. The number of benzene rings is 1. The lowest BCUT2D eigenvalue weighted by Crippen LogP contribution is -2.41. The van der Waals surface area contributed by atoms with Crippen molar-refractivity contribution in [3.63, 3.8) is 0 Å². The number of rotatable bonds is 5. The molecule has 24 heavy (non-hydrogen) atoms. The maximum Gasteiger partial charge on any atom is 0.525 e. The van der Waals surface area contributed by atoms with Gasteiger partial charge in [-0.1, -0.05) is 6.07 Å². The molecule has 0 radical (unpaired) electrons. The lowest BCUT2D eigenvalue weighted by atomic mass is 9.86. The maximum atomic E-state index is 14.6. The molecule has 0 saturated carbocycles. The van der Waals surface area contributed by atoms with Gasteiger partial charge in [-0.15, -0.1) is 0 Å². The number of ether oxygens (including phenoxy) is 1. The van der Waals surface area contributed by atoms with Gasteiger partial charge in [0.25, 0.3) is 0 Å². The van der Waals surface area contributed by atoms with Crippen LogP contribution in [0, 0.1) is 0 Å². The Morgan fingerprint density at radius 3 is 2.29 bits per heavy atom. The zero-order chi connectivity index (χ0) is 18.1. The summed E-state index contributed by atoms with van der Waals surface area (Å²) >= 11 is 0. The molecule has 4 nitrogen and oxygen atoms in total. The third-order valence-corrected chi connectivity index (χ3v) is 4.57. The van der Waals surface area contributed by atoms with Gasteiger partial charge in [0.15, 0.2) is 0 Å². The van der Waals surface area contributed by atoms with E-state index >= 15 is 0 Å². The van der Waals surface area contributed by atoms with E-state index in [1.165, 1.54) is 6.08 Å². The molecule has 1 heterocycles. The lowest BCUT2D eigenvalue weighted by molar-refractivity contribution is 0.00578. The first-order chi connectivity index (χ1) is 11.1. The van der Waals surface area contributed by atoms with Crippen LogP contribution in [0.4, 0.5) is 4.39 Å². The standard InChI is InChI=1S/C18H27BFNO3/c1-17(2)18(3,4)24-19(23-17)16(20)11-13-8-9-15(22-7)14(10-13)12-21(5)6/h8-11H,12H2,1-7H3. The number of methoxy groups -OCH3 is 1. The topological polar surface area (TPSA) is 30.9 Å². The van der Waals surface area contributed by atoms with Gasteiger partial charge in [-0.2, -0.15) is 0 Å². The Bertz CT molecular complexity index is 613. The van der Waals surface area contributed by atoms with Gasteiger partial charge in [0.05, 0.1) is 18.3 Å². The average molecular weight is 335 g/mol. The normalized spacial score (nSPS) is 19.9. The van der Waals surface area contributed by atoms with Crippen molar-refractivity contribution in [3.8, 4) is 5.75 Å². The van der Waals surface area contributed by atoms with Crippen LogP contribution in [0.3, 0.4) is 0 Å². The van der Waals surface area contributed by atoms with Crippen LogP contribution in [0.2, 0.25) is 0 Å². The Kier molecular flexibility index (Phi) is 5.42. The summed E-state index contributed by atoms with van der Waals surface area (Å²) in [5, 5.41) is 0. The van der Waals surface area contributed by atoms with Crippen molar-refractivity contribution in [3.05, 3.63) is 35.1 Å². The van der Waals surface area contributed by atoms with E-state index in [1.54, 1.807) is 7.11 Å². The molecule has 1 aromatic carbocycles. The highest BCUT2D eigenvalue weighted by Crippen LogP contribution is 2.39. The van der Waals surface area contributed by atoms with Crippen molar-refractivity contribution >= 4 is 13.2 Å². The lowest BCUT2D eigenvalue weighted by Gasteiger charge is -2.32. The average Bonchev–Trinajstić information content (AvgIpc) is 2.67.